The molecule has 6 heteroatoms. The van der Waals surface area contributed by atoms with Crippen LogP contribution in [0.4, 0.5) is 11.4 Å². The lowest BCUT2D eigenvalue weighted by Gasteiger charge is -2.37. The Labute approximate surface area is 202 Å². The molecule has 4 aromatic rings. The van der Waals surface area contributed by atoms with E-state index in [0.29, 0.717) is 33.1 Å². The summed E-state index contributed by atoms with van der Waals surface area (Å²) in [4.78, 5) is 27.9. The Bertz CT molecular complexity index is 1640. The largest absolute Gasteiger partial charge is 0.354 e. The fourth-order valence-corrected chi connectivity index (χ4v) is 6.33. The summed E-state index contributed by atoms with van der Waals surface area (Å²) in [7, 11) is 0. The topological polar surface area (TPSA) is 58.2 Å². The van der Waals surface area contributed by atoms with Crippen LogP contribution in [0.25, 0.3) is 16.5 Å². The maximum Gasteiger partial charge on any atom is 0.244 e. The van der Waals surface area contributed by atoms with Gasteiger partial charge in [-0.25, -0.2) is 0 Å². The molecule has 4 nitrogen and oxygen atoms in total. The first-order valence-corrected chi connectivity index (χ1v) is 11.7. The van der Waals surface area contributed by atoms with E-state index in [9.17, 15) is 9.59 Å². The smallest absolute Gasteiger partial charge is 0.244 e. The maximum atomic E-state index is 14.0. The van der Waals surface area contributed by atoms with Crippen molar-refractivity contribution in [3.8, 4) is 0 Å². The molecular formula is C27H14BrClN2O2. The normalized spacial score (nSPS) is 19.8. The summed E-state index contributed by atoms with van der Waals surface area (Å²) < 4.78 is 0.855. The zero-order valence-corrected chi connectivity index (χ0v) is 19.3. The predicted molar refractivity (Wildman–Crippen MR) is 134 cm³/mol. The third-order valence-electron chi connectivity index (χ3n) is 6.92. The molecule has 0 bridgehead atoms. The molecular weight excluding hydrogens is 500 g/mol. The zero-order chi connectivity index (χ0) is 22.5. The van der Waals surface area contributed by atoms with Gasteiger partial charge in [0.2, 0.25) is 5.91 Å². The standard InChI is InChI=1S/C27H14BrClN2O2/c28-20-12-19-23(15-6-2-1-5-14(15)20)31-24-16-7-3-4-8-17(16)25(32)22(24)27(19)18-11-13(29)9-10-21(18)30-26(27)33/h1-12,31H,(H,30,33)/t27-/m0/s1. The zero-order valence-electron chi connectivity index (χ0n) is 17.0. The van der Waals surface area contributed by atoms with Crippen LogP contribution in [0.5, 0.6) is 0 Å². The van der Waals surface area contributed by atoms with Crippen LogP contribution in [0.1, 0.15) is 27.0 Å². The van der Waals surface area contributed by atoms with Crippen LogP contribution in [0.2, 0.25) is 5.02 Å². The number of Topliss-reactive ketones (excluding diaryl/α,β-unsaturated/α-hetero) is 1. The molecule has 1 spiro atoms. The van der Waals surface area contributed by atoms with Crippen molar-refractivity contribution in [2.45, 2.75) is 5.41 Å². The lowest BCUT2D eigenvalue weighted by Crippen LogP contribution is -2.43. The fourth-order valence-electron chi connectivity index (χ4n) is 5.58. The SMILES string of the molecule is O=C1C2=C(Nc3c(cc(Br)c4ccccc34)[C@]23C(=O)Nc2ccc(Cl)cc23)c2ccccc21. The number of nitrogens with one attached hydrogen (secondary N) is 2. The number of fused-ring (bicyclic) bond motifs is 9. The van der Waals surface area contributed by atoms with E-state index >= 15 is 0 Å². The molecule has 1 atom stereocenters. The first kappa shape index (κ1) is 19.1. The van der Waals surface area contributed by atoms with Crippen molar-refractivity contribution in [1.29, 1.82) is 0 Å². The van der Waals surface area contributed by atoms with Gasteiger partial charge in [0, 0.05) is 48.4 Å². The minimum Gasteiger partial charge on any atom is -0.354 e. The number of carbonyl (C=O) groups is 2. The minimum absolute atomic E-state index is 0.147. The van der Waals surface area contributed by atoms with Gasteiger partial charge >= 0.3 is 0 Å². The Morgan fingerprint density at radius 1 is 0.788 bits per heavy atom. The lowest BCUT2D eigenvalue weighted by atomic mass is 9.66. The number of amides is 1. The van der Waals surface area contributed by atoms with E-state index in [-0.39, 0.29) is 11.7 Å². The number of anilines is 2. The van der Waals surface area contributed by atoms with Gasteiger partial charge in [-0.3, -0.25) is 9.59 Å². The Balaban J connectivity index is 1.69. The van der Waals surface area contributed by atoms with Crippen molar-refractivity contribution >= 4 is 67.1 Å². The number of hydrogen-bond donors (Lipinski definition) is 2. The molecule has 158 valence electrons. The predicted octanol–water partition coefficient (Wildman–Crippen LogP) is 6.53. The Morgan fingerprint density at radius 2 is 1.52 bits per heavy atom. The molecule has 3 aliphatic rings. The van der Waals surface area contributed by atoms with Crippen LogP contribution in [-0.2, 0) is 10.2 Å². The highest BCUT2D eigenvalue weighted by Gasteiger charge is 2.59. The van der Waals surface area contributed by atoms with E-state index in [1.165, 1.54) is 0 Å². The highest BCUT2D eigenvalue weighted by Crippen LogP contribution is 2.59. The summed E-state index contributed by atoms with van der Waals surface area (Å²) in [5, 5.41) is 9.08. The molecule has 1 aliphatic carbocycles. The van der Waals surface area contributed by atoms with E-state index in [1.807, 2.05) is 54.6 Å². The van der Waals surface area contributed by atoms with Gasteiger partial charge in [0.15, 0.2) is 5.78 Å². The van der Waals surface area contributed by atoms with Crippen LogP contribution in [0, 0.1) is 0 Å². The third kappa shape index (κ3) is 2.21. The average Bonchev–Trinajstić information content (AvgIpc) is 3.27. The molecule has 0 aromatic heterocycles. The van der Waals surface area contributed by atoms with Crippen LogP contribution < -0.4 is 10.6 Å². The number of benzene rings is 4. The molecule has 4 aromatic carbocycles. The lowest BCUT2D eigenvalue weighted by molar-refractivity contribution is -0.118. The monoisotopic (exact) mass is 512 g/mol. The van der Waals surface area contributed by atoms with Gasteiger partial charge in [-0.1, -0.05) is 76.1 Å². The fraction of sp³-hybridized carbons (Fsp3) is 0.0370. The summed E-state index contributed by atoms with van der Waals surface area (Å²) in [6.07, 6.45) is 0. The van der Waals surface area contributed by atoms with E-state index in [1.54, 1.807) is 18.2 Å². The van der Waals surface area contributed by atoms with Gasteiger partial charge < -0.3 is 10.6 Å². The molecule has 2 aliphatic heterocycles. The molecule has 0 fully saturated rings. The van der Waals surface area contributed by atoms with Crippen LogP contribution in [0.15, 0.2) is 82.8 Å². The van der Waals surface area contributed by atoms with Crippen LogP contribution in [-0.4, -0.2) is 11.7 Å². The molecule has 7 rings (SSSR count). The summed E-state index contributed by atoms with van der Waals surface area (Å²) in [6.45, 7) is 0. The molecule has 33 heavy (non-hydrogen) atoms. The molecule has 0 unspecified atom stereocenters. The second-order valence-electron chi connectivity index (χ2n) is 8.47. The summed E-state index contributed by atoms with van der Waals surface area (Å²) in [5.41, 5.74) is 4.10. The quantitative estimate of drug-likeness (QED) is 0.281. The van der Waals surface area contributed by atoms with Gasteiger partial charge in [-0.05, 0) is 29.7 Å². The van der Waals surface area contributed by atoms with E-state index < -0.39 is 5.41 Å². The average molecular weight is 514 g/mol. The molecule has 0 saturated carbocycles. The maximum absolute atomic E-state index is 14.0. The molecule has 1 amide bonds. The van der Waals surface area contributed by atoms with Crippen molar-refractivity contribution in [1.82, 2.24) is 0 Å². The van der Waals surface area contributed by atoms with Crippen molar-refractivity contribution in [2.75, 3.05) is 10.6 Å². The second kappa shape index (κ2) is 6.34. The molecule has 2 heterocycles. The molecule has 0 saturated heterocycles. The number of ketones is 1. The number of hydrogen-bond acceptors (Lipinski definition) is 3. The summed E-state index contributed by atoms with van der Waals surface area (Å²) >= 11 is 10.1. The Morgan fingerprint density at radius 3 is 2.33 bits per heavy atom. The molecule has 2 N–H and O–H groups in total. The van der Waals surface area contributed by atoms with E-state index in [2.05, 4.69) is 26.6 Å². The Kier molecular flexibility index (Phi) is 3.67. The second-order valence-corrected chi connectivity index (χ2v) is 9.76. The third-order valence-corrected chi connectivity index (χ3v) is 7.81. The van der Waals surface area contributed by atoms with Crippen molar-refractivity contribution in [3.63, 3.8) is 0 Å². The Hall–Kier alpha value is -3.41. The minimum atomic E-state index is -1.32. The number of carbonyl (C=O) groups excluding carboxylic acids is 2. The summed E-state index contributed by atoms with van der Waals surface area (Å²) in [6, 6.07) is 22.8. The van der Waals surface area contributed by atoms with Gasteiger partial charge in [-0.15, -0.1) is 0 Å². The number of halogens is 2. The van der Waals surface area contributed by atoms with Gasteiger partial charge in [0.25, 0.3) is 0 Å². The van der Waals surface area contributed by atoms with Gasteiger partial charge in [0.1, 0.15) is 5.41 Å². The van der Waals surface area contributed by atoms with E-state index in [0.717, 1.165) is 32.1 Å². The highest BCUT2D eigenvalue weighted by molar-refractivity contribution is 9.10. The first-order chi connectivity index (χ1) is 16.0. The van der Waals surface area contributed by atoms with Crippen molar-refractivity contribution in [3.05, 3.63) is 110 Å². The van der Waals surface area contributed by atoms with E-state index in [4.69, 9.17) is 11.6 Å². The van der Waals surface area contributed by atoms with Gasteiger partial charge in [-0.2, -0.15) is 0 Å². The first-order valence-electron chi connectivity index (χ1n) is 10.5. The van der Waals surface area contributed by atoms with Crippen molar-refractivity contribution in [2.24, 2.45) is 0 Å². The van der Waals surface area contributed by atoms with Crippen LogP contribution in [0.3, 0.4) is 0 Å². The van der Waals surface area contributed by atoms with Gasteiger partial charge in [0.05, 0.1) is 11.4 Å². The van der Waals surface area contributed by atoms with Crippen LogP contribution >= 0.6 is 27.5 Å². The summed E-state index contributed by atoms with van der Waals surface area (Å²) in [5.74, 6) is -0.399. The number of rotatable bonds is 0. The van der Waals surface area contributed by atoms with Crippen molar-refractivity contribution < 1.29 is 9.59 Å². The molecule has 0 radical (unpaired) electrons. The highest BCUT2D eigenvalue weighted by atomic mass is 79.9.